The lowest BCUT2D eigenvalue weighted by Gasteiger charge is -2.28. The number of hydrogen-bond acceptors (Lipinski definition) is 5. The maximum atomic E-state index is 12.2. The van der Waals surface area contributed by atoms with Crippen LogP contribution in [-0.2, 0) is 24.8 Å². The second-order valence-electron chi connectivity index (χ2n) is 5.57. The molecule has 0 aliphatic carbocycles. The Hall–Kier alpha value is -1.16. The fraction of sp³-hybridized carbons (Fsp3) is 0.571. The van der Waals surface area contributed by atoms with E-state index in [9.17, 15) is 16.8 Å². The minimum absolute atomic E-state index is 0.0959. The summed E-state index contributed by atoms with van der Waals surface area (Å²) in [6.45, 7) is 2.40. The molecule has 1 aromatic rings. The summed E-state index contributed by atoms with van der Waals surface area (Å²) < 4.78 is 57.3. The van der Waals surface area contributed by atoms with Crippen molar-refractivity contribution in [2.45, 2.75) is 30.7 Å². The van der Waals surface area contributed by atoms with Gasteiger partial charge >= 0.3 is 0 Å². The Balaban J connectivity index is 2.19. The van der Waals surface area contributed by atoms with Gasteiger partial charge in [0.2, 0.25) is 20.0 Å². The first-order valence-corrected chi connectivity index (χ1v) is 10.5. The number of rotatable bonds is 6. The van der Waals surface area contributed by atoms with Crippen LogP contribution in [0.2, 0.25) is 0 Å². The fourth-order valence-corrected chi connectivity index (χ4v) is 5.36. The van der Waals surface area contributed by atoms with Gasteiger partial charge in [0.25, 0.3) is 0 Å². The van der Waals surface area contributed by atoms with E-state index >= 15 is 0 Å². The van der Waals surface area contributed by atoms with Crippen molar-refractivity contribution in [3.05, 3.63) is 24.3 Å². The predicted molar refractivity (Wildman–Crippen MR) is 88.5 cm³/mol. The highest BCUT2D eigenvalue weighted by Crippen LogP contribution is 2.24. The van der Waals surface area contributed by atoms with Crippen LogP contribution in [-0.4, -0.2) is 48.9 Å². The van der Waals surface area contributed by atoms with Gasteiger partial charge in [-0.15, -0.1) is 0 Å². The molecule has 130 valence electrons. The summed E-state index contributed by atoms with van der Waals surface area (Å²) >= 11 is 0. The summed E-state index contributed by atoms with van der Waals surface area (Å²) in [6, 6.07) is 5.53. The second kappa shape index (κ2) is 7.16. The van der Waals surface area contributed by atoms with Gasteiger partial charge in [-0.2, -0.15) is 0 Å². The third-order valence-electron chi connectivity index (χ3n) is 3.56. The van der Waals surface area contributed by atoms with Crippen LogP contribution in [0.4, 0.5) is 5.69 Å². The standard InChI is InChI=1S/C14H22N2O5S2/c1-12(11-21-2)15-23(19,20)14-7-5-13(6-8-14)16-9-3-4-10-22(16,17)18/h5-8,12,15H,3-4,9-11H2,1-2H3/t12-/m0/s1. The molecular formula is C14H22N2O5S2. The van der Waals surface area contributed by atoms with Gasteiger partial charge in [0, 0.05) is 19.7 Å². The number of methoxy groups -OCH3 is 1. The number of nitrogens with zero attached hydrogens (tertiary/aromatic N) is 1. The number of hydrogen-bond donors (Lipinski definition) is 1. The number of ether oxygens (including phenoxy) is 1. The third-order valence-corrected chi connectivity index (χ3v) is 7.03. The van der Waals surface area contributed by atoms with Crippen LogP contribution in [0.15, 0.2) is 29.2 Å². The number of benzene rings is 1. The van der Waals surface area contributed by atoms with Crippen molar-refractivity contribution < 1.29 is 21.6 Å². The molecule has 23 heavy (non-hydrogen) atoms. The van der Waals surface area contributed by atoms with Crippen LogP contribution >= 0.6 is 0 Å². The molecule has 0 bridgehead atoms. The van der Waals surface area contributed by atoms with Crippen LogP contribution in [0.1, 0.15) is 19.8 Å². The van der Waals surface area contributed by atoms with Gasteiger partial charge in [-0.1, -0.05) is 0 Å². The van der Waals surface area contributed by atoms with Crippen molar-refractivity contribution in [1.29, 1.82) is 0 Å². The molecule has 1 heterocycles. The molecule has 1 aromatic carbocycles. The molecule has 1 atom stereocenters. The Labute approximate surface area is 137 Å². The highest BCUT2D eigenvalue weighted by Gasteiger charge is 2.26. The molecule has 1 N–H and O–H groups in total. The van der Waals surface area contributed by atoms with Crippen molar-refractivity contribution >= 4 is 25.7 Å². The van der Waals surface area contributed by atoms with Gasteiger partial charge in [0.1, 0.15) is 0 Å². The van der Waals surface area contributed by atoms with Crippen molar-refractivity contribution in [1.82, 2.24) is 4.72 Å². The first kappa shape index (κ1) is 18.2. The molecule has 0 spiro atoms. The molecule has 9 heteroatoms. The van der Waals surface area contributed by atoms with Gasteiger partial charge in [-0.05, 0) is 44.0 Å². The average Bonchev–Trinajstić information content (AvgIpc) is 2.46. The van der Waals surface area contributed by atoms with Gasteiger partial charge < -0.3 is 4.74 Å². The van der Waals surface area contributed by atoms with Crippen LogP contribution in [0.5, 0.6) is 0 Å². The van der Waals surface area contributed by atoms with E-state index in [1.807, 2.05) is 0 Å². The zero-order valence-corrected chi connectivity index (χ0v) is 14.9. The van der Waals surface area contributed by atoms with Crippen LogP contribution in [0, 0.1) is 0 Å². The van der Waals surface area contributed by atoms with Crippen molar-refractivity contribution in [3.63, 3.8) is 0 Å². The lowest BCUT2D eigenvalue weighted by molar-refractivity contribution is 0.180. The van der Waals surface area contributed by atoms with E-state index in [1.165, 1.54) is 35.7 Å². The molecule has 1 aliphatic heterocycles. The summed E-state index contributed by atoms with van der Waals surface area (Å²) in [6.07, 6.45) is 1.46. The zero-order valence-electron chi connectivity index (χ0n) is 13.2. The third kappa shape index (κ3) is 4.43. The molecule has 1 saturated heterocycles. The highest BCUT2D eigenvalue weighted by molar-refractivity contribution is 7.92. The second-order valence-corrected chi connectivity index (χ2v) is 9.29. The average molecular weight is 362 g/mol. The summed E-state index contributed by atoms with van der Waals surface area (Å²) in [7, 11) is -5.46. The quantitative estimate of drug-likeness (QED) is 0.813. The van der Waals surface area contributed by atoms with Gasteiger partial charge in [-0.3, -0.25) is 4.31 Å². The minimum Gasteiger partial charge on any atom is -0.383 e. The van der Waals surface area contributed by atoms with Crippen molar-refractivity contribution in [2.75, 3.05) is 30.3 Å². The van der Waals surface area contributed by atoms with Gasteiger partial charge in [-0.25, -0.2) is 21.6 Å². The lowest BCUT2D eigenvalue weighted by Crippen LogP contribution is -2.38. The van der Waals surface area contributed by atoms with E-state index in [0.717, 1.165) is 6.42 Å². The predicted octanol–water partition coefficient (Wildman–Crippen LogP) is 0.930. The van der Waals surface area contributed by atoms with E-state index < -0.39 is 20.0 Å². The van der Waals surface area contributed by atoms with E-state index in [0.29, 0.717) is 18.7 Å². The molecular weight excluding hydrogens is 340 g/mol. The van der Waals surface area contributed by atoms with Crippen LogP contribution in [0.3, 0.4) is 0 Å². The number of nitrogens with one attached hydrogen (secondary N) is 1. The van der Waals surface area contributed by atoms with Gasteiger partial charge in [0.05, 0.1) is 22.9 Å². The Kier molecular flexibility index (Phi) is 5.66. The lowest BCUT2D eigenvalue weighted by atomic mass is 10.3. The maximum Gasteiger partial charge on any atom is 0.240 e. The summed E-state index contributed by atoms with van der Waals surface area (Å²) in [5.41, 5.74) is 0.494. The summed E-state index contributed by atoms with van der Waals surface area (Å²) in [5.74, 6) is 0.128. The molecule has 2 rings (SSSR count). The van der Waals surface area contributed by atoms with Crippen molar-refractivity contribution in [3.8, 4) is 0 Å². The topological polar surface area (TPSA) is 92.8 Å². The van der Waals surface area contributed by atoms with E-state index in [4.69, 9.17) is 4.74 Å². The SMILES string of the molecule is COC[C@H](C)NS(=O)(=O)c1ccc(N2CCCCS2(=O)=O)cc1. The van der Waals surface area contributed by atoms with E-state index in [2.05, 4.69) is 4.72 Å². The molecule has 7 nitrogen and oxygen atoms in total. The van der Waals surface area contributed by atoms with E-state index in [-0.39, 0.29) is 23.3 Å². The monoisotopic (exact) mass is 362 g/mol. The fourth-order valence-electron chi connectivity index (χ4n) is 2.49. The largest absolute Gasteiger partial charge is 0.383 e. The summed E-state index contributed by atoms with van der Waals surface area (Å²) in [5, 5.41) is 0. The van der Waals surface area contributed by atoms with Gasteiger partial charge in [0.15, 0.2) is 0 Å². The highest BCUT2D eigenvalue weighted by atomic mass is 32.2. The van der Waals surface area contributed by atoms with Crippen molar-refractivity contribution in [2.24, 2.45) is 0 Å². The van der Waals surface area contributed by atoms with Crippen LogP contribution < -0.4 is 9.03 Å². The maximum absolute atomic E-state index is 12.2. The first-order valence-electron chi connectivity index (χ1n) is 7.38. The Morgan fingerprint density at radius 1 is 1.26 bits per heavy atom. The molecule has 0 saturated carbocycles. The Morgan fingerprint density at radius 3 is 2.48 bits per heavy atom. The molecule has 0 radical (unpaired) electrons. The Bertz CT molecular complexity index is 729. The minimum atomic E-state index is -3.66. The molecule has 0 aromatic heterocycles. The van der Waals surface area contributed by atoms with E-state index in [1.54, 1.807) is 6.92 Å². The van der Waals surface area contributed by atoms with Crippen LogP contribution in [0.25, 0.3) is 0 Å². The Morgan fingerprint density at radius 2 is 1.91 bits per heavy atom. The summed E-state index contributed by atoms with van der Waals surface area (Å²) in [4.78, 5) is 0.0959. The number of sulfonamides is 2. The normalized spacial score (nSPS) is 19.5. The smallest absolute Gasteiger partial charge is 0.240 e. The molecule has 1 fully saturated rings. The zero-order chi connectivity index (χ0) is 17.1. The first-order chi connectivity index (χ1) is 10.8. The number of anilines is 1. The molecule has 0 unspecified atom stereocenters. The molecule has 0 amide bonds. The molecule has 1 aliphatic rings.